The van der Waals surface area contributed by atoms with Crippen molar-refractivity contribution >= 4 is 17.9 Å². The SMILES string of the molecule is CC(=O)OC(C)(CC(=O)O)C(=O)O. The van der Waals surface area contributed by atoms with Crippen LogP contribution >= 0.6 is 0 Å². The molecule has 0 bridgehead atoms. The lowest BCUT2D eigenvalue weighted by atomic mass is 10.0. The van der Waals surface area contributed by atoms with Gasteiger partial charge in [-0.05, 0) is 6.92 Å². The van der Waals surface area contributed by atoms with Crippen LogP contribution < -0.4 is 0 Å². The van der Waals surface area contributed by atoms with Gasteiger partial charge in [-0.3, -0.25) is 9.59 Å². The number of aliphatic carboxylic acids is 2. The van der Waals surface area contributed by atoms with Gasteiger partial charge in [-0.25, -0.2) is 4.79 Å². The van der Waals surface area contributed by atoms with E-state index in [4.69, 9.17) is 10.2 Å². The van der Waals surface area contributed by atoms with E-state index in [0.29, 0.717) is 0 Å². The molecule has 0 heterocycles. The lowest BCUT2D eigenvalue weighted by Gasteiger charge is -2.21. The van der Waals surface area contributed by atoms with Crippen LogP contribution in [0.5, 0.6) is 0 Å². The van der Waals surface area contributed by atoms with Crippen molar-refractivity contribution in [2.45, 2.75) is 25.9 Å². The van der Waals surface area contributed by atoms with Gasteiger partial charge in [0.15, 0.2) is 0 Å². The number of carboxylic acids is 2. The third-order valence-corrected chi connectivity index (χ3v) is 1.31. The molecule has 0 saturated carbocycles. The first-order valence-electron chi connectivity index (χ1n) is 3.42. The number of rotatable bonds is 4. The molecule has 0 aromatic rings. The van der Waals surface area contributed by atoms with Gasteiger partial charge in [0.1, 0.15) is 0 Å². The van der Waals surface area contributed by atoms with Gasteiger partial charge in [-0.15, -0.1) is 0 Å². The summed E-state index contributed by atoms with van der Waals surface area (Å²) in [5.74, 6) is -3.65. The molecule has 6 nitrogen and oxygen atoms in total. The van der Waals surface area contributed by atoms with E-state index in [0.717, 1.165) is 13.8 Å². The second-order valence-electron chi connectivity index (χ2n) is 2.70. The summed E-state index contributed by atoms with van der Waals surface area (Å²) in [4.78, 5) is 31.3. The zero-order chi connectivity index (χ0) is 10.6. The van der Waals surface area contributed by atoms with Gasteiger partial charge >= 0.3 is 17.9 Å². The summed E-state index contributed by atoms with van der Waals surface area (Å²) in [6, 6.07) is 0. The van der Waals surface area contributed by atoms with Gasteiger partial charge in [0.05, 0.1) is 6.42 Å². The Kier molecular flexibility index (Phi) is 3.41. The van der Waals surface area contributed by atoms with Crippen molar-refractivity contribution in [3.05, 3.63) is 0 Å². The van der Waals surface area contributed by atoms with Crippen LogP contribution in [0, 0.1) is 0 Å². The first-order chi connectivity index (χ1) is 5.78. The summed E-state index contributed by atoms with van der Waals surface area (Å²) >= 11 is 0. The van der Waals surface area contributed by atoms with Crippen LogP contribution in [0.25, 0.3) is 0 Å². The number of hydrogen-bond donors (Lipinski definition) is 2. The van der Waals surface area contributed by atoms with E-state index < -0.39 is 29.9 Å². The van der Waals surface area contributed by atoms with E-state index in [2.05, 4.69) is 4.74 Å². The van der Waals surface area contributed by atoms with Crippen molar-refractivity contribution in [3.8, 4) is 0 Å². The van der Waals surface area contributed by atoms with Crippen molar-refractivity contribution in [1.82, 2.24) is 0 Å². The van der Waals surface area contributed by atoms with Crippen LogP contribution in [-0.4, -0.2) is 33.7 Å². The Morgan fingerprint density at radius 3 is 2.00 bits per heavy atom. The second-order valence-corrected chi connectivity index (χ2v) is 2.70. The predicted molar refractivity (Wildman–Crippen MR) is 40.1 cm³/mol. The molecule has 0 aliphatic rings. The predicted octanol–water partition coefficient (Wildman–Crippen LogP) is -0.132. The fourth-order valence-corrected chi connectivity index (χ4v) is 0.761. The Hall–Kier alpha value is -1.59. The molecule has 0 fully saturated rings. The van der Waals surface area contributed by atoms with Gasteiger partial charge < -0.3 is 14.9 Å². The van der Waals surface area contributed by atoms with Crippen molar-refractivity contribution in [2.75, 3.05) is 0 Å². The molecule has 0 aromatic heterocycles. The zero-order valence-corrected chi connectivity index (χ0v) is 7.23. The molecule has 0 aromatic carbocycles. The first-order valence-corrected chi connectivity index (χ1v) is 3.42. The molecule has 2 N–H and O–H groups in total. The lowest BCUT2D eigenvalue weighted by Crippen LogP contribution is -2.41. The number of carboxylic acid groups (broad SMARTS) is 2. The van der Waals surface area contributed by atoms with E-state index in [1.165, 1.54) is 0 Å². The molecule has 0 rings (SSSR count). The van der Waals surface area contributed by atoms with Gasteiger partial charge in [-0.2, -0.15) is 0 Å². The molecule has 6 heteroatoms. The minimum atomic E-state index is -1.99. The molecule has 0 radical (unpaired) electrons. The smallest absolute Gasteiger partial charge is 0.348 e. The number of esters is 1. The lowest BCUT2D eigenvalue weighted by molar-refractivity contribution is -0.178. The van der Waals surface area contributed by atoms with Crippen molar-refractivity contribution in [1.29, 1.82) is 0 Å². The van der Waals surface area contributed by atoms with Crippen LogP contribution in [0.2, 0.25) is 0 Å². The van der Waals surface area contributed by atoms with Crippen LogP contribution in [0.3, 0.4) is 0 Å². The normalized spacial score (nSPS) is 14.3. The number of ether oxygens (including phenoxy) is 1. The van der Waals surface area contributed by atoms with E-state index in [1.807, 2.05) is 0 Å². The van der Waals surface area contributed by atoms with Crippen LogP contribution in [0.15, 0.2) is 0 Å². The maximum Gasteiger partial charge on any atom is 0.348 e. The maximum atomic E-state index is 10.6. The molecule has 74 valence electrons. The third-order valence-electron chi connectivity index (χ3n) is 1.31. The number of carbonyl (C=O) groups excluding carboxylic acids is 1. The Morgan fingerprint density at radius 2 is 1.77 bits per heavy atom. The molecule has 1 atom stereocenters. The molecular weight excluding hydrogens is 180 g/mol. The number of carbonyl (C=O) groups is 3. The minimum absolute atomic E-state index is 0.762. The summed E-state index contributed by atoms with van der Waals surface area (Å²) in [6.45, 7) is 2.05. The standard InChI is InChI=1S/C7H10O6/c1-4(8)13-7(2,6(11)12)3-5(9)10/h3H2,1-2H3,(H,9,10)(H,11,12). The molecule has 0 spiro atoms. The molecule has 0 saturated heterocycles. The Labute approximate surface area is 74.1 Å². The first kappa shape index (κ1) is 11.4. The van der Waals surface area contributed by atoms with Crippen LogP contribution in [-0.2, 0) is 19.1 Å². The van der Waals surface area contributed by atoms with Crippen LogP contribution in [0.1, 0.15) is 20.3 Å². The largest absolute Gasteiger partial charge is 0.481 e. The summed E-state index contributed by atoms with van der Waals surface area (Å²) < 4.78 is 4.39. The maximum absolute atomic E-state index is 10.6. The molecule has 13 heavy (non-hydrogen) atoms. The van der Waals surface area contributed by atoms with E-state index >= 15 is 0 Å². The average Bonchev–Trinajstić information content (AvgIpc) is 1.82. The van der Waals surface area contributed by atoms with Crippen molar-refractivity contribution in [3.63, 3.8) is 0 Å². The van der Waals surface area contributed by atoms with Gasteiger partial charge in [0.2, 0.25) is 5.60 Å². The average molecular weight is 190 g/mol. The van der Waals surface area contributed by atoms with Crippen molar-refractivity contribution in [2.24, 2.45) is 0 Å². The molecule has 0 amide bonds. The minimum Gasteiger partial charge on any atom is -0.481 e. The summed E-state index contributed by atoms with van der Waals surface area (Å²) in [7, 11) is 0. The quantitative estimate of drug-likeness (QED) is 0.598. The highest BCUT2D eigenvalue weighted by Gasteiger charge is 2.39. The summed E-state index contributed by atoms with van der Waals surface area (Å²) in [5, 5.41) is 16.9. The fourth-order valence-electron chi connectivity index (χ4n) is 0.761. The Bertz CT molecular complexity index is 227. The highest BCUT2D eigenvalue weighted by molar-refractivity contribution is 5.85. The Morgan fingerprint density at radius 1 is 1.31 bits per heavy atom. The third kappa shape index (κ3) is 3.55. The highest BCUT2D eigenvalue weighted by Crippen LogP contribution is 2.16. The van der Waals surface area contributed by atoms with Gasteiger partial charge in [-0.1, -0.05) is 0 Å². The molecule has 0 aliphatic heterocycles. The Balaban J connectivity index is 4.62. The van der Waals surface area contributed by atoms with E-state index in [9.17, 15) is 14.4 Å². The fraction of sp³-hybridized carbons (Fsp3) is 0.571. The topological polar surface area (TPSA) is 101 Å². The zero-order valence-electron chi connectivity index (χ0n) is 7.23. The second kappa shape index (κ2) is 3.88. The summed E-state index contributed by atoms with van der Waals surface area (Å²) in [6.07, 6.45) is -0.762. The molecular formula is C7H10O6. The van der Waals surface area contributed by atoms with Gasteiger partial charge in [0, 0.05) is 6.92 Å². The molecule has 0 aliphatic carbocycles. The monoisotopic (exact) mass is 190 g/mol. The van der Waals surface area contributed by atoms with Crippen LogP contribution in [0.4, 0.5) is 0 Å². The highest BCUT2D eigenvalue weighted by atomic mass is 16.6. The van der Waals surface area contributed by atoms with E-state index in [-0.39, 0.29) is 0 Å². The van der Waals surface area contributed by atoms with Gasteiger partial charge in [0.25, 0.3) is 0 Å². The summed E-state index contributed by atoms with van der Waals surface area (Å²) in [5.41, 5.74) is -1.99. The molecule has 1 unspecified atom stereocenters. The van der Waals surface area contributed by atoms with E-state index in [1.54, 1.807) is 0 Å². The number of hydrogen-bond acceptors (Lipinski definition) is 4. The van der Waals surface area contributed by atoms with Crippen molar-refractivity contribution < 1.29 is 29.3 Å².